The third-order valence-corrected chi connectivity index (χ3v) is 23.5. The average molecular weight is 1730 g/mol. The largest absolute Gasteiger partial charge is 0.480 e. The highest BCUT2D eigenvalue weighted by Gasteiger charge is 2.54. The van der Waals surface area contributed by atoms with Crippen molar-refractivity contribution in [3.8, 4) is 0 Å². The molecular weight excluding hydrogens is 1600 g/mol. The lowest BCUT2D eigenvalue weighted by Crippen LogP contribution is -2.61. The highest BCUT2D eigenvalue weighted by molar-refractivity contribution is 8.00. The number of fused-ring (bicyclic) bond motifs is 3. The van der Waals surface area contributed by atoms with Crippen molar-refractivity contribution in [2.24, 2.45) is 52.4 Å². The summed E-state index contributed by atoms with van der Waals surface area (Å²) in [5, 5.41) is 69.6. The first-order valence-corrected chi connectivity index (χ1v) is 42.0. The number of aliphatic carboxylic acids is 4. The van der Waals surface area contributed by atoms with Gasteiger partial charge in [0.2, 0.25) is 29.4 Å². The number of piperidine rings is 1. The van der Waals surface area contributed by atoms with Crippen LogP contribution in [0.25, 0.3) is 0 Å². The molecule has 1 saturated carbocycles. The minimum atomic E-state index is -2.59. The number of hydrogen-bond donors (Lipinski definition) is 12. The topological polar surface area (TPSA) is 572 Å². The van der Waals surface area contributed by atoms with E-state index in [-0.39, 0.29) is 86.2 Å². The van der Waals surface area contributed by atoms with E-state index in [9.17, 15) is 97.1 Å². The Morgan fingerprint density at radius 2 is 1.26 bits per heavy atom. The molecule has 4 rings (SSSR count). The molecule has 2 saturated heterocycles. The number of carboxylic acid groups (broad SMARTS) is 4. The van der Waals surface area contributed by atoms with Crippen LogP contribution in [0.1, 0.15) is 158 Å². The Balaban J connectivity index is 1.67. The fourth-order valence-corrected chi connectivity index (χ4v) is 15.7. The number of nitrogens with one attached hydrogen (secondary N) is 4. The number of cyclic esters (lactones) is 1. The smallest absolute Gasteiger partial charge is 0.329 e. The summed E-state index contributed by atoms with van der Waals surface area (Å²) in [6, 6.07) is -7.19. The molecule has 3 heterocycles. The van der Waals surface area contributed by atoms with Crippen LogP contribution in [0.3, 0.4) is 0 Å². The number of aliphatic hydroxyl groups is 2. The lowest BCUT2D eigenvalue weighted by molar-refractivity contribution is -0.265. The maximum atomic E-state index is 14.9. The van der Waals surface area contributed by atoms with Gasteiger partial charge in [0.25, 0.3) is 11.7 Å². The molecule has 19 atom stereocenters. The van der Waals surface area contributed by atoms with Gasteiger partial charge in [-0.2, -0.15) is 0 Å². The summed E-state index contributed by atoms with van der Waals surface area (Å²) in [7, 11) is 4.17. The van der Waals surface area contributed by atoms with Crippen LogP contribution in [-0.2, 0) is 115 Å². The van der Waals surface area contributed by atoms with Crippen LogP contribution >= 0.6 is 23.5 Å². The van der Waals surface area contributed by atoms with Crippen LogP contribution in [0, 0.1) is 40.9 Å². The normalized spacial score (nSPS) is 28.1. The fourth-order valence-electron chi connectivity index (χ4n) is 14.0. The van der Waals surface area contributed by atoms with Gasteiger partial charge < -0.3 is 106 Å². The molecule has 0 aromatic carbocycles. The molecule has 3 fully saturated rings. The Bertz CT molecular complexity index is 3570. The van der Waals surface area contributed by atoms with E-state index in [1.807, 2.05) is 44.2 Å². The van der Waals surface area contributed by atoms with Crippen molar-refractivity contribution in [2.45, 2.75) is 237 Å². The number of hydrogen-bond acceptors (Lipinski definition) is 30. The number of esters is 4. The van der Waals surface area contributed by atoms with Crippen molar-refractivity contribution in [1.82, 2.24) is 26.2 Å². The number of amides is 5. The first kappa shape index (κ1) is 103. The van der Waals surface area contributed by atoms with Gasteiger partial charge in [0, 0.05) is 82.8 Å². The molecular formula is C80H121N7O30S2. The molecule has 668 valence electrons. The molecule has 5 amide bonds. The summed E-state index contributed by atoms with van der Waals surface area (Å²) in [6.45, 7) is 9.74. The van der Waals surface area contributed by atoms with E-state index in [2.05, 4.69) is 21.3 Å². The van der Waals surface area contributed by atoms with Crippen LogP contribution in [0.15, 0.2) is 47.6 Å². The van der Waals surface area contributed by atoms with Gasteiger partial charge >= 0.3 is 47.8 Å². The Hall–Kier alpha value is -8.54. The number of carboxylic acids is 4. The standard InChI is InChI=1S/C80H121N7O30S2/c1-43-17-13-12-14-18-44(2)59(110-9)33-51-22-20-49(7)80(109,117-51)71(99)74(102)87-28-16-15-19-56(87)77(107)115-60(34-57(88)45(3)30-48(6)69(98)70(112-11)68(97)47(5)29-43)46(4)31-50-21-25-58(61(32-50)111-10)116-78(108)79(8,41-113-66(95)39-118-37-54(72(100)83-35-64(91)92)85-62(89)26-23-52(81)75(103)104)42-114-67(96)40-119-38-55(73(101)84-36-65(93)94)86-63(90)27-24-53(82)76(105)106/h12-14,17-18,30,43,45-47,49-56,58-61,69-70,98,109H,15-16,19-29,31-42,81-82H2,1-11H3,(H,83,100)(H,84,101)(H,85,89)(H,86,90)(H,91,92)(H,93,94)(H,103,104)(H,105,106)/b14-12+,17-13+,44-18+,48-30+/t43-,45-,46-,47-,49-,50+,51+,52+,53+,54+,55+,56+,58-,59+,60+,61-,69-,70+,80-/m1/s1. The van der Waals surface area contributed by atoms with Crippen molar-refractivity contribution < 1.29 is 145 Å². The number of nitrogens with zero attached hydrogens (tertiary/aromatic N) is 1. The second-order valence-corrected chi connectivity index (χ2v) is 33.4. The lowest BCUT2D eigenvalue weighted by Gasteiger charge is -2.42. The second-order valence-electron chi connectivity index (χ2n) is 31.3. The monoisotopic (exact) mass is 1720 g/mol. The molecule has 0 unspecified atom stereocenters. The molecule has 0 radical (unpaired) electrons. The summed E-state index contributed by atoms with van der Waals surface area (Å²) in [4.78, 5) is 213. The Morgan fingerprint density at radius 3 is 1.78 bits per heavy atom. The van der Waals surface area contributed by atoms with E-state index in [0.717, 1.165) is 10.5 Å². The van der Waals surface area contributed by atoms with Crippen molar-refractivity contribution in [3.63, 3.8) is 0 Å². The number of Topliss-reactive ketones (excluding diaryl/α,β-unsaturated/α-hetero) is 3. The quantitative estimate of drug-likeness (QED) is 0.0185. The third kappa shape index (κ3) is 33.8. The van der Waals surface area contributed by atoms with Gasteiger partial charge in [0.15, 0.2) is 5.78 Å². The Labute approximate surface area is 700 Å². The summed E-state index contributed by atoms with van der Waals surface area (Å²) >= 11 is 1.43. The minimum absolute atomic E-state index is 0.0451. The molecule has 37 nitrogen and oxygen atoms in total. The van der Waals surface area contributed by atoms with E-state index in [1.54, 1.807) is 34.6 Å². The molecule has 3 aliphatic heterocycles. The number of thioether (sulfide) groups is 2. The number of allylic oxidation sites excluding steroid dienone is 6. The first-order valence-electron chi connectivity index (χ1n) is 39.7. The molecule has 14 N–H and O–H groups in total. The lowest BCUT2D eigenvalue weighted by atomic mass is 9.78. The van der Waals surface area contributed by atoms with Crippen molar-refractivity contribution in [3.05, 3.63) is 47.6 Å². The first-order chi connectivity index (χ1) is 56.0. The molecule has 2 bridgehead atoms. The highest BCUT2D eigenvalue weighted by atomic mass is 32.2. The van der Waals surface area contributed by atoms with Gasteiger partial charge in [-0.05, 0) is 127 Å². The zero-order valence-corrected chi connectivity index (χ0v) is 71.1. The predicted molar refractivity (Wildman–Crippen MR) is 429 cm³/mol. The zero-order chi connectivity index (χ0) is 89.2. The number of carbonyl (C=O) groups is 16. The summed E-state index contributed by atoms with van der Waals surface area (Å²) < 4.78 is 47.3. The van der Waals surface area contributed by atoms with Crippen LogP contribution in [0.2, 0.25) is 0 Å². The van der Waals surface area contributed by atoms with Crippen molar-refractivity contribution in [1.29, 1.82) is 0 Å². The van der Waals surface area contributed by atoms with E-state index < -0.39 is 254 Å². The number of ketones is 3. The van der Waals surface area contributed by atoms with E-state index in [4.69, 9.17) is 59.6 Å². The van der Waals surface area contributed by atoms with E-state index >= 15 is 0 Å². The second kappa shape index (κ2) is 50.6. The molecule has 4 aliphatic rings. The van der Waals surface area contributed by atoms with Crippen molar-refractivity contribution >= 4 is 118 Å². The molecule has 119 heavy (non-hydrogen) atoms. The molecule has 0 spiro atoms. The third-order valence-electron chi connectivity index (χ3n) is 21.4. The number of rotatable bonds is 36. The summed E-state index contributed by atoms with van der Waals surface area (Å²) in [5.41, 5.74) is 10.0. The fraction of sp³-hybridized carbons (Fsp3) is 0.700. The van der Waals surface area contributed by atoms with Gasteiger partial charge in [-0.3, -0.25) is 71.9 Å². The maximum absolute atomic E-state index is 14.9. The summed E-state index contributed by atoms with van der Waals surface area (Å²) in [6.07, 6.45) is 4.51. The van der Waals surface area contributed by atoms with Gasteiger partial charge in [0.1, 0.15) is 92.1 Å². The predicted octanol–water partition coefficient (Wildman–Crippen LogP) is 2.05. The van der Waals surface area contributed by atoms with Gasteiger partial charge in [-0.25, -0.2) is 4.79 Å². The van der Waals surface area contributed by atoms with Crippen molar-refractivity contribution in [2.75, 3.05) is 77.2 Å². The number of methoxy groups -OCH3 is 3. The number of ether oxygens (including phenoxy) is 8. The number of aliphatic hydroxyl groups excluding tert-OH is 1. The average Bonchev–Trinajstić information content (AvgIpc) is 0.772. The molecule has 39 heteroatoms. The van der Waals surface area contributed by atoms with E-state index in [0.29, 0.717) is 62.0 Å². The molecule has 0 aromatic heterocycles. The maximum Gasteiger partial charge on any atom is 0.329 e. The van der Waals surface area contributed by atoms with Crippen LogP contribution in [-0.4, -0.2) is 286 Å². The SMILES string of the molecule is CO[C@H]1C[C@@H]2CC[C@@H](C)[C@@](O)(O2)C(=O)C(=O)N2CCCC[C@H]2C(=O)O[C@H]([C@H](C)C[C@@H]2CC[C@@H](OC(=O)C(C)(COC(=O)CSC[C@H](NC(=O)CC[C@H](N)C(=O)O)C(=O)NCC(=O)O)COC(=O)CSC[C@H](NC(=O)CC[C@H](N)C(=O)O)C(=O)NCC(=O)O)[C@H](OC)C2)CC(=O)[C@H](C)/C=C(\C)[C@@H](O)[C@@H](OC)C(=O)[C@H](C)C[C@H](C)/C=C/C=C/C=C/1C. The van der Waals surface area contributed by atoms with Gasteiger partial charge in [-0.1, -0.05) is 71.1 Å². The zero-order valence-electron chi connectivity index (χ0n) is 69.4. The molecule has 0 aromatic rings. The highest BCUT2D eigenvalue weighted by Crippen LogP contribution is 2.39. The Morgan fingerprint density at radius 1 is 0.697 bits per heavy atom. The van der Waals surface area contributed by atoms with Crippen LogP contribution in [0.4, 0.5) is 0 Å². The molecule has 1 aliphatic carbocycles. The number of nitrogens with two attached hydrogens (primary N) is 2. The van der Waals surface area contributed by atoms with Crippen LogP contribution < -0.4 is 32.7 Å². The number of carbonyl (C=O) groups excluding carboxylic acids is 12. The van der Waals surface area contributed by atoms with E-state index in [1.165, 1.54) is 34.3 Å². The van der Waals surface area contributed by atoms with Gasteiger partial charge in [0.05, 0.1) is 29.8 Å². The van der Waals surface area contributed by atoms with Crippen LogP contribution in [0.5, 0.6) is 0 Å². The minimum Gasteiger partial charge on any atom is -0.480 e. The summed E-state index contributed by atoms with van der Waals surface area (Å²) in [5.74, 6) is -24.7. The van der Waals surface area contributed by atoms with Gasteiger partial charge in [-0.15, -0.1) is 23.5 Å². The Kier molecular flexibility index (Phi) is 43.7.